The number of aromatic nitrogens is 1. The average Bonchev–Trinajstić information content (AvgIpc) is 2.71. The highest BCUT2D eigenvalue weighted by Gasteiger charge is 2.23. The second kappa shape index (κ2) is 5.29. The lowest BCUT2D eigenvalue weighted by molar-refractivity contribution is 0.0684. The first-order valence-electron chi connectivity index (χ1n) is 7.29. The van der Waals surface area contributed by atoms with Crippen molar-refractivity contribution in [1.29, 1.82) is 0 Å². The fraction of sp³-hybridized carbons (Fsp3) is 0.438. The van der Waals surface area contributed by atoms with Gasteiger partial charge in [-0.1, -0.05) is 24.6 Å². The molecule has 1 aliphatic rings. The van der Waals surface area contributed by atoms with Crippen molar-refractivity contribution in [1.82, 2.24) is 9.88 Å². The van der Waals surface area contributed by atoms with Gasteiger partial charge in [-0.3, -0.25) is 0 Å². The third-order valence-corrected chi connectivity index (χ3v) is 4.27. The highest BCUT2D eigenvalue weighted by atomic mass is 16.4. The van der Waals surface area contributed by atoms with Crippen molar-refractivity contribution in [2.24, 2.45) is 0 Å². The van der Waals surface area contributed by atoms with Crippen molar-refractivity contribution in [3.63, 3.8) is 0 Å². The number of aryl methyl sites for hydroxylation is 1. The van der Waals surface area contributed by atoms with Crippen LogP contribution in [0.25, 0.3) is 10.9 Å². The summed E-state index contributed by atoms with van der Waals surface area (Å²) in [5.74, 6) is -0.839. The number of hydrogen-bond donors (Lipinski definition) is 2. The number of fused-ring (bicyclic) bond motifs is 1. The monoisotopic (exact) mass is 272 g/mol. The second-order valence-electron chi connectivity index (χ2n) is 5.40. The molecule has 2 N–H and O–H groups in total. The summed E-state index contributed by atoms with van der Waals surface area (Å²) >= 11 is 0. The first-order chi connectivity index (χ1) is 9.72. The number of benzene rings is 1. The van der Waals surface area contributed by atoms with Crippen LogP contribution in [0.2, 0.25) is 0 Å². The zero-order valence-corrected chi connectivity index (χ0v) is 11.7. The zero-order chi connectivity index (χ0) is 14.1. The fourth-order valence-corrected chi connectivity index (χ4v) is 2.99. The Morgan fingerprint density at radius 2 is 2.15 bits per heavy atom. The first kappa shape index (κ1) is 13.2. The Labute approximate surface area is 118 Å². The maximum Gasteiger partial charge on any atom is 0.352 e. The van der Waals surface area contributed by atoms with Gasteiger partial charge >= 0.3 is 5.97 Å². The maximum atomic E-state index is 11.7. The predicted octanol–water partition coefficient (Wildman–Crippen LogP) is 3.00. The molecule has 0 spiro atoms. The van der Waals surface area contributed by atoms with E-state index < -0.39 is 5.97 Å². The molecule has 0 unspecified atom stereocenters. The van der Waals surface area contributed by atoms with Crippen LogP contribution in [0.4, 0.5) is 0 Å². The molecule has 0 saturated heterocycles. The molecule has 1 aliphatic carbocycles. The van der Waals surface area contributed by atoms with Gasteiger partial charge in [0, 0.05) is 35.6 Å². The Balaban J connectivity index is 2.06. The number of nitrogens with zero attached hydrogens (tertiary/aromatic N) is 1. The van der Waals surface area contributed by atoms with E-state index in [9.17, 15) is 9.90 Å². The number of aromatic carboxylic acids is 1. The summed E-state index contributed by atoms with van der Waals surface area (Å²) in [5, 5.41) is 14.1. The van der Waals surface area contributed by atoms with E-state index in [1.165, 1.54) is 19.3 Å². The third-order valence-electron chi connectivity index (χ3n) is 4.27. The second-order valence-corrected chi connectivity index (χ2v) is 5.40. The lowest BCUT2D eigenvalue weighted by Crippen LogP contribution is -2.34. The lowest BCUT2D eigenvalue weighted by Gasteiger charge is -2.26. The molecule has 20 heavy (non-hydrogen) atoms. The van der Waals surface area contributed by atoms with Gasteiger partial charge in [0.15, 0.2) is 0 Å². The molecular weight excluding hydrogens is 252 g/mol. The topological polar surface area (TPSA) is 54.3 Å². The molecule has 0 atom stereocenters. The van der Waals surface area contributed by atoms with Crippen LogP contribution in [0, 0.1) is 0 Å². The molecule has 1 heterocycles. The van der Waals surface area contributed by atoms with E-state index in [1.54, 1.807) is 0 Å². The average molecular weight is 272 g/mol. The Morgan fingerprint density at radius 1 is 1.40 bits per heavy atom. The van der Waals surface area contributed by atoms with E-state index in [1.807, 2.05) is 35.8 Å². The molecule has 0 amide bonds. The van der Waals surface area contributed by atoms with Gasteiger partial charge in [0.25, 0.3) is 0 Å². The summed E-state index contributed by atoms with van der Waals surface area (Å²) < 4.78 is 1.90. The number of nitrogens with one attached hydrogen (secondary N) is 1. The van der Waals surface area contributed by atoms with Crippen LogP contribution in [-0.4, -0.2) is 21.7 Å². The molecule has 1 fully saturated rings. The minimum absolute atomic E-state index is 0.431. The molecule has 4 nitrogen and oxygen atoms in total. The van der Waals surface area contributed by atoms with Crippen LogP contribution in [0.3, 0.4) is 0 Å². The number of rotatable bonds is 5. The van der Waals surface area contributed by atoms with Gasteiger partial charge < -0.3 is 15.0 Å². The molecule has 0 aliphatic heterocycles. The summed E-state index contributed by atoms with van der Waals surface area (Å²) in [5.41, 5.74) is 2.36. The van der Waals surface area contributed by atoms with Crippen LogP contribution in [0.5, 0.6) is 0 Å². The van der Waals surface area contributed by atoms with Crippen molar-refractivity contribution in [2.45, 2.75) is 45.3 Å². The van der Waals surface area contributed by atoms with E-state index in [4.69, 9.17) is 0 Å². The quantitative estimate of drug-likeness (QED) is 0.879. The van der Waals surface area contributed by atoms with Gasteiger partial charge in [0.2, 0.25) is 0 Å². The molecule has 106 valence electrons. The number of carboxylic acids is 1. The highest BCUT2D eigenvalue weighted by molar-refractivity contribution is 5.98. The molecule has 0 bridgehead atoms. The molecule has 1 aromatic heterocycles. The Kier molecular flexibility index (Phi) is 3.49. The molecule has 3 rings (SSSR count). The van der Waals surface area contributed by atoms with Crippen molar-refractivity contribution in [2.75, 3.05) is 0 Å². The minimum atomic E-state index is -0.839. The standard InChI is InChI=1S/C16H20N2O2/c1-2-18-14-9-4-3-8-12(14)13(15(18)16(19)20)10-17-11-6-5-7-11/h3-4,8-9,11,17H,2,5-7,10H2,1H3,(H,19,20). The van der Waals surface area contributed by atoms with Crippen molar-refractivity contribution >= 4 is 16.9 Å². The van der Waals surface area contributed by atoms with Crippen LogP contribution >= 0.6 is 0 Å². The summed E-state index contributed by atoms with van der Waals surface area (Å²) in [6, 6.07) is 8.51. The summed E-state index contributed by atoms with van der Waals surface area (Å²) in [7, 11) is 0. The van der Waals surface area contributed by atoms with Gasteiger partial charge in [-0.2, -0.15) is 0 Å². The van der Waals surface area contributed by atoms with Gasteiger partial charge in [-0.05, 0) is 25.8 Å². The largest absolute Gasteiger partial charge is 0.477 e. The number of hydrogen-bond acceptors (Lipinski definition) is 2. The molecule has 1 saturated carbocycles. The molecular formula is C16H20N2O2. The third kappa shape index (κ3) is 2.10. The molecule has 2 aromatic rings. The number of carbonyl (C=O) groups is 1. The van der Waals surface area contributed by atoms with Gasteiger partial charge in [0.05, 0.1) is 0 Å². The first-order valence-corrected chi connectivity index (χ1v) is 7.29. The summed E-state index contributed by atoms with van der Waals surface area (Å²) in [4.78, 5) is 11.7. The maximum absolute atomic E-state index is 11.7. The van der Waals surface area contributed by atoms with Gasteiger partial charge in [-0.25, -0.2) is 4.79 Å². The Bertz CT molecular complexity index is 641. The van der Waals surface area contributed by atoms with Crippen molar-refractivity contribution < 1.29 is 9.90 Å². The van der Waals surface area contributed by atoms with E-state index in [0.29, 0.717) is 24.8 Å². The highest BCUT2D eigenvalue weighted by Crippen LogP contribution is 2.27. The molecule has 1 aromatic carbocycles. The minimum Gasteiger partial charge on any atom is -0.477 e. The van der Waals surface area contributed by atoms with E-state index in [-0.39, 0.29) is 0 Å². The lowest BCUT2D eigenvalue weighted by atomic mass is 9.93. The van der Waals surface area contributed by atoms with E-state index in [0.717, 1.165) is 16.5 Å². The van der Waals surface area contributed by atoms with E-state index in [2.05, 4.69) is 5.32 Å². The molecule has 0 radical (unpaired) electrons. The van der Waals surface area contributed by atoms with Crippen LogP contribution < -0.4 is 5.32 Å². The van der Waals surface area contributed by atoms with Crippen molar-refractivity contribution in [3.8, 4) is 0 Å². The Hall–Kier alpha value is -1.81. The van der Waals surface area contributed by atoms with E-state index >= 15 is 0 Å². The Morgan fingerprint density at radius 3 is 2.75 bits per heavy atom. The predicted molar refractivity (Wildman–Crippen MR) is 79.1 cm³/mol. The fourth-order valence-electron chi connectivity index (χ4n) is 2.99. The van der Waals surface area contributed by atoms with Gasteiger partial charge in [0.1, 0.15) is 5.69 Å². The molecule has 4 heteroatoms. The number of carboxylic acid groups (broad SMARTS) is 1. The van der Waals surface area contributed by atoms with Crippen LogP contribution in [-0.2, 0) is 13.1 Å². The smallest absolute Gasteiger partial charge is 0.352 e. The van der Waals surface area contributed by atoms with Gasteiger partial charge in [-0.15, -0.1) is 0 Å². The number of para-hydroxylation sites is 1. The zero-order valence-electron chi connectivity index (χ0n) is 11.7. The summed E-state index contributed by atoms with van der Waals surface area (Å²) in [6.45, 7) is 3.30. The van der Waals surface area contributed by atoms with Crippen LogP contribution in [0.15, 0.2) is 24.3 Å². The van der Waals surface area contributed by atoms with Crippen LogP contribution in [0.1, 0.15) is 42.2 Å². The normalized spacial score (nSPS) is 15.4. The SMILES string of the molecule is CCn1c(C(=O)O)c(CNC2CCC2)c2ccccc21. The van der Waals surface area contributed by atoms with Crippen molar-refractivity contribution in [3.05, 3.63) is 35.5 Å². The summed E-state index contributed by atoms with van der Waals surface area (Å²) in [6.07, 6.45) is 3.68.